The van der Waals surface area contributed by atoms with Gasteiger partial charge in [0.2, 0.25) is 0 Å². The normalized spacial score (nSPS) is 16.8. The Balaban J connectivity index is 3.72. The van der Waals surface area contributed by atoms with Gasteiger partial charge in [-0.2, -0.15) is 0 Å². The zero-order valence-corrected chi connectivity index (χ0v) is 5.11. The van der Waals surface area contributed by atoms with E-state index in [2.05, 4.69) is 0 Å². The van der Waals surface area contributed by atoms with Gasteiger partial charge in [0.05, 0.1) is 6.10 Å². The van der Waals surface area contributed by atoms with Crippen LogP contribution >= 0.6 is 0 Å². The van der Waals surface area contributed by atoms with Crippen molar-refractivity contribution in [3.63, 3.8) is 0 Å². The molecular formula is C5H10O4. The summed E-state index contributed by atoms with van der Waals surface area (Å²) in [6.45, 7) is 1.59. The predicted octanol–water partition coefficient (Wildman–Crippen LogP) is -0.797. The number of hydrogen-bond acceptors (Lipinski definition) is 3. The van der Waals surface area contributed by atoms with Crippen molar-refractivity contribution in [2.24, 2.45) is 0 Å². The van der Waals surface area contributed by atoms with Crippen molar-refractivity contribution >= 4 is 5.97 Å². The highest BCUT2D eigenvalue weighted by molar-refractivity contribution is 5.72. The molecule has 9 heavy (non-hydrogen) atoms. The van der Waals surface area contributed by atoms with Crippen LogP contribution in [0.3, 0.4) is 0 Å². The Labute approximate surface area is 52.7 Å². The van der Waals surface area contributed by atoms with Gasteiger partial charge in [0, 0.05) is 0 Å². The van der Waals surface area contributed by atoms with Crippen molar-refractivity contribution in [3.05, 3.63) is 0 Å². The van der Waals surface area contributed by atoms with E-state index in [1.165, 1.54) is 0 Å². The Hall–Kier alpha value is -0.610. The third kappa shape index (κ3) is 2.43. The van der Waals surface area contributed by atoms with Gasteiger partial charge in [0.15, 0.2) is 6.10 Å². The maximum atomic E-state index is 9.89. The third-order valence-electron chi connectivity index (χ3n) is 1.04. The minimum Gasteiger partial charge on any atom is -0.479 e. The average Bonchev–Trinajstić information content (AvgIpc) is 1.84. The SMILES string of the molecule is CC[C@H](O)[C@@H](O)C(=O)O. The lowest BCUT2D eigenvalue weighted by atomic mass is 10.2. The third-order valence-corrected chi connectivity index (χ3v) is 1.04. The molecule has 0 aliphatic heterocycles. The quantitative estimate of drug-likeness (QED) is 0.472. The predicted molar refractivity (Wildman–Crippen MR) is 29.9 cm³/mol. The smallest absolute Gasteiger partial charge is 0.335 e. The number of hydrogen-bond donors (Lipinski definition) is 3. The fraction of sp³-hybridized carbons (Fsp3) is 0.800. The molecule has 0 bridgehead atoms. The van der Waals surface area contributed by atoms with Crippen LogP contribution in [0.2, 0.25) is 0 Å². The molecule has 0 aromatic heterocycles. The van der Waals surface area contributed by atoms with E-state index in [9.17, 15) is 4.79 Å². The Morgan fingerprint density at radius 1 is 1.56 bits per heavy atom. The minimum absolute atomic E-state index is 0.244. The Morgan fingerprint density at radius 2 is 2.00 bits per heavy atom. The average molecular weight is 134 g/mol. The first-order valence-corrected chi connectivity index (χ1v) is 2.68. The molecule has 0 rings (SSSR count). The molecule has 0 heterocycles. The summed E-state index contributed by atoms with van der Waals surface area (Å²) < 4.78 is 0. The van der Waals surface area contributed by atoms with Crippen molar-refractivity contribution in [2.45, 2.75) is 25.6 Å². The fourth-order valence-electron chi connectivity index (χ4n) is 0.388. The van der Waals surface area contributed by atoms with E-state index in [1.54, 1.807) is 6.92 Å². The number of rotatable bonds is 3. The maximum Gasteiger partial charge on any atom is 0.335 e. The van der Waals surface area contributed by atoms with Crippen LogP contribution in [0, 0.1) is 0 Å². The summed E-state index contributed by atoms with van der Waals surface area (Å²) in [7, 11) is 0. The number of carboxylic acids is 1. The summed E-state index contributed by atoms with van der Waals surface area (Å²) in [5.74, 6) is -1.38. The number of aliphatic carboxylic acids is 1. The van der Waals surface area contributed by atoms with Gasteiger partial charge in [-0.15, -0.1) is 0 Å². The van der Waals surface area contributed by atoms with Gasteiger partial charge in [0.1, 0.15) is 0 Å². The molecule has 54 valence electrons. The van der Waals surface area contributed by atoms with Gasteiger partial charge in [-0.25, -0.2) is 4.79 Å². The number of aliphatic hydroxyl groups excluding tert-OH is 2. The molecule has 0 saturated heterocycles. The van der Waals surface area contributed by atoms with Crippen LogP contribution in [0.15, 0.2) is 0 Å². The van der Waals surface area contributed by atoms with Crippen LogP contribution in [0.1, 0.15) is 13.3 Å². The summed E-state index contributed by atoms with van der Waals surface area (Å²) in [6.07, 6.45) is -2.55. The van der Waals surface area contributed by atoms with E-state index in [0.717, 1.165) is 0 Å². The van der Waals surface area contributed by atoms with E-state index in [-0.39, 0.29) is 6.42 Å². The molecular weight excluding hydrogens is 124 g/mol. The molecule has 0 aromatic rings. The van der Waals surface area contributed by atoms with Crippen molar-refractivity contribution < 1.29 is 20.1 Å². The molecule has 0 unspecified atom stereocenters. The molecule has 0 radical (unpaired) electrons. The van der Waals surface area contributed by atoms with E-state index < -0.39 is 18.2 Å². The monoisotopic (exact) mass is 134 g/mol. The fourth-order valence-corrected chi connectivity index (χ4v) is 0.388. The largest absolute Gasteiger partial charge is 0.479 e. The highest BCUT2D eigenvalue weighted by Gasteiger charge is 2.20. The molecule has 4 nitrogen and oxygen atoms in total. The molecule has 3 N–H and O–H groups in total. The molecule has 0 aromatic carbocycles. The lowest BCUT2D eigenvalue weighted by molar-refractivity contribution is -0.152. The lowest BCUT2D eigenvalue weighted by Gasteiger charge is -2.09. The van der Waals surface area contributed by atoms with Crippen molar-refractivity contribution in [1.29, 1.82) is 0 Å². The van der Waals surface area contributed by atoms with Gasteiger partial charge in [-0.05, 0) is 6.42 Å². The van der Waals surface area contributed by atoms with Crippen molar-refractivity contribution in [3.8, 4) is 0 Å². The van der Waals surface area contributed by atoms with Gasteiger partial charge in [-0.3, -0.25) is 0 Å². The standard InChI is InChI=1S/C5H10O4/c1-2-3(6)4(7)5(8)9/h3-4,6-7H,2H2,1H3,(H,8,9)/t3-,4+/m0/s1. The van der Waals surface area contributed by atoms with Crippen LogP contribution in [0.4, 0.5) is 0 Å². The van der Waals surface area contributed by atoms with Crippen LogP contribution in [0.5, 0.6) is 0 Å². The van der Waals surface area contributed by atoms with Crippen LogP contribution < -0.4 is 0 Å². The van der Waals surface area contributed by atoms with Crippen LogP contribution in [0.25, 0.3) is 0 Å². The summed E-state index contributed by atoms with van der Waals surface area (Å²) in [4.78, 5) is 9.89. The van der Waals surface area contributed by atoms with E-state index in [4.69, 9.17) is 15.3 Å². The molecule has 0 aliphatic carbocycles. The number of aliphatic hydroxyl groups is 2. The Morgan fingerprint density at radius 3 is 2.11 bits per heavy atom. The number of carbonyl (C=O) groups is 1. The minimum atomic E-state index is -1.64. The summed E-state index contributed by atoms with van der Waals surface area (Å²) in [6, 6.07) is 0. The van der Waals surface area contributed by atoms with Gasteiger partial charge < -0.3 is 15.3 Å². The molecule has 0 saturated carbocycles. The summed E-state index contributed by atoms with van der Waals surface area (Å²) >= 11 is 0. The van der Waals surface area contributed by atoms with Gasteiger partial charge in [-0.1, -0.05) is 6.92 Å². The zero-order chi connectivity index (χ0) is 7.44. The highest BCUT2D eigenvalue weighted by atomic mass is 16.4. The zero-order valence-electron chi connectivity index (χ0n) is 5.11. The van der Waals surface area contributed by atoms with Crippen LogP contribution in [-0.2, 0) is 4.79 Å². The first-order valence-electron chi connectivity index (χ1n) is 2.68. The van der Waals surface area contributed by atoms with E-state index in [1.807, 2.05) is 0 Å². The topological polar surface area (TPSA) is 77.8 Å². The van der Waals surface area contributed by atoms with E-state index >= 15 is 0 Å². The molecule has 0 spiro atoms. The van der Waals surface area contributed by atoms with Crippen molar-refractivity contribution in [1.82, 2.24) is 0 Å². The molecule has 0 fully saturated rings. The summed E-state index contributed by atoms with van der Waals surface area (Å²) in [5, 5.41) is 25.3. The molecule has 4 heteroatoms. The first-order chi connectivity index (χ1) is 4.09. The number of carboxylic acid groups (broad SMARTS) is 1. The van der Waals surface area contributed by atoms with E-state index in [0.29, 0.717) is 0 Å². The lowest BCUT2D eigenvalue weighted by Crippen LogP contribution is -2.32. The second kappa shape index (κ2) is 3.42. The second-order valence-electron chi connectivity index (χ2n) is 1.76. The second-order valence-corrected chi connectivity index (χ2v) is 1.76. The van der Waals surface area contributed by atoms with Crippen molar-refractivity contribution in [2.75, 3.05) is 0 Å². The maximum absolute atomic E-state index is 9.89. The molecule has 0 amide bonds. The molecule has 2 atom stereocenters. The summed E-state index contributed by atoms with van der Waals surface area (Å²) in [5.41, 5.74) is 0. The van der Waals surface area contributed by atoms with Gasteiger partial charge in [0.25, 0.3) is 0 Å². The van der Waals surface area contributed by atoms with Crippen LogP contribution in [-0.4, -0.2) is 33.5 Å². The highest BCUT2D eigenvalue weighted by Crippen LogP contribution is 1.96. The molecule has 0 aliphatic rings. The first kappa shape index (κ1) is 8.39. The van der Waals surface area contributed by atoms with Gasteiger partial charge >= 0.3 is 5.97 Å². The Bertz CT molecular complexity index is 101. The Kier molecular flexibility index (Phi) is 3.19.